The topological polar surface area (TPSA) is 84.7 Å². The minimum absolute atomic E-state index is 0.0372. The number of nitrogens with two attached hydrogens (primary N) is 1. The Labute approximate surface area is 121 Å². The van der Waals surface area contributed by atoms with E-state index in [4.69, 9.17) is 10.5 Å². The van der Waals surface area contributed by atoms with Gasteiger partial charge in [0.25, 0.3) is 0 Å². The van der Waals surface area contributed by atoms with Gasteiger partial charge in [-0.2, -0.15) is 0 Å². The second kappa shape index (κ2) is 8.21. The van der Waals surface area contributed by atoms with Crippen LogP contribution in [0.3, 0.4) is 0 Å². The quantitative estimate of drug-likeness (QED) is 0.733. The van der Waals surface area contributed by atoms with E-state index in [2.05, 4.69) is 12.2 Å². The zero-order valence-corrected chi connectivity index (χ0v) is 12.7. The van der Waals surface area contributed by atoms with Crippen LogP contribution in [0.25, 0.3) is 0 Å². The van der Waals surface area contributed by atoms with Crippen molar-refractivity contribution in [2.24, 2.45) is 5.73 Å². The molecule has 2 atom stereocenters. The Morgan fingerprint density at radius 3 is 2.75 bits per heavy atom. The van der Waals surface area contributed by atoms with Gasteiger partial charge in [-0.15, -0.1) is 0 Å². The van der Waals surface area contributed by atoms with Gasteiger partial charge in [0.05, 0.1) is 19.3 Å². The maximum Gasteiger partial charge on any atom is 0.245 e. The van der Waals surface area contributed by atoms with E-state index in [0.29, 0.717) is 19.6 Å². The summed E-state index contributed by atoms with van der Waals surface area (Å²) in [7, 11) is 0. The fourth-order valence-electron chi connectivity index (χ4n) is 2.23. The molecule has 0 saturated carbocycles. The smallest absolute Gasteiger partial charge is 0.245 e. The van der Waals surface area contributed by atoms with Crippen molar-refractivity contribution in [3.05, 3.63) is 0 Å². The fraction of sp³-hybridized carbons (Fsp3) is 0.857. The molecule has 0 aromatic rings. The van der Waals surface area contributed by atoms with Crippen LogP contribution < -0.4 is 11.1 Å². The standard InChI is InChI=1S/C14H27N3O3/c1-4-5-6-11(15)14(19)17-7-8-20-9-12(17)13(18)16-10(2)3/h10-12H,4-9,15H2,1-3H3,(H,16,18)/t11-,12?/m0/s1. The molecule has 1 aliphatic rings. The Balaban J connectivity index is 2.67. The lowest BCUT2D eigenvalue weighted by molar-refractivity contribution is -0.149. The van der Waals surface area contributed by atoms with Gasteiger partial charge >= 0.3 is 0 Å². The van der Waals surface area contributed by atoms with Gasteiger partial charge in [0.1, 0.15) is 6.04 Å². The molecule has 1 unspecified atom stereocenters. The normalized spacial score (nSPS) is 20.9. The van der Waals surface area contributed by atoms with E-state index in [-0.39, 0.29) is 24.5 Å². The van der Waals surface area contributed by atoms with Gasteiger partial charge in [-0.1, -0.05) is 19.8 Å². The number of nitrogens with zero attached hydrogens (tertiary/aromatic N) is 1. The van der Waals surface area contributed by atoms with E-state index in [0.717, 1.165) is 12.8 Å². The molecule has 1 rings (SSSR count). The van der Waals surface area contributed by atoms with E-state index in [1.165, 1.54) is 0 Å². The summed E-state index contributed by atoms with van der Waals surface area (Å²) < 4.78 is 5.33. The van der Waals surface area contributed by atoms with Gasteiger partial charge in [0, 0.05) is 12.6 Å². The highest BCUT2D eigenvalue weighted by molar-refractivity contribution is 5.90. The van der Waals surface area contributed by atoms with Gasteiger partial charge in [-0.25, -0.2) is 0 Å². The van der Waals surface area contributed by atoms with E-state index in [1.54, 1.807) is 4.90 Å². The van der Waals surface area contributed by atoms with E-state index in [9.17, 15) is 9.59 Å². The van der Waals surface area contributed by atoms with Crippen molar-refractivity contribution in [2.75, 3.05) is 19.8 Å². The first-order valence-electron chi connectivity index (χ1n) is 7.41. The molecule has 0 aromatic heterocycles. The highest BCUT2D eigenvalue weighted by atomic mass is 16.5. The number of hydrogen-bond donors (Lipinski definition) is 2. The predicted molar refractivity (Wildman–Crippen MR) is 77.1 cm³/mol. The van der Waals surface area contributed by atoms with Crippen molar-refractivity contribution in [2.45, 2.75) is 58.2 Å². The molecule has 1 heterocycles. The van der Waals surface area contributed by atoms with Crippen LogP contribution in [-0.2, 0) is 14.3 Å². The molecule has 1 saturated heterocycles. The summed E-state index contributed by atoms with van der Waals surface area (Å²) in [6.07, 6.45) is 2.58. The van der Waals surface area contributed by atoms with Crippen LogP contribution in [0.2, 0.25) is 0 Å². The number of unbranched alkanes of at least 4 members (excludes halogenated alkanes) is 1. The third kappa shape index (κ3) is 4.76. The molecule has 1 aliphatic heterocycles. The average molecular weight is 285 g/mol. The summed E-state index contributed by atoms with van der Waals surface area (Å²) in [5.74, 6) is -0.318. The number of ether oxygens (including phenoxy) is 1. The monoisotopic (exact) mass is 285 g/mol. The number of rotatable bonds is 6. The van der Waals surface area contributed by atoms with Crippen LogP contribution >= 0.6 is 0 Å². The molecule has 1 fully saturated rings. The van der Waals surface area contributed by atoms with Crippen molar-refractivity contribution >= 4 is 11.8 Å². The van der Waals surface area contributed by atoms with Crippen molar-refractivity contribution in [3.8, 4) is 0 Å². The van der Waals surface area contributed by atoms with Gasteiger partial charge in [0.15, 0.2) is 0 Å². The van der Waals surface area contributed by atoms with Crippen LogP contribution in [0.1, 0.15) is 40.0 Å². The SMILES string of the molecule is CCCC[C@H](N)C(=O)N1CCOCC1C(=O)NC(C)C. The number of morpholine rings is 1. The molecule has 6 nitrogen and oxygen atoms in total. The largest absolute Gasteiger partial charge is 0.377 e. The van der Waals surface area contributed by atoms with Crippen LogP contribution in [-0.4, -0.2) is 54.6 Å². The molecule has 0 bridgehead atoms. The Hall–Kier alpha value is -1.14. The second-order valence-corrected chi connectivity index (χ2v) is 5.53. The van der Waals surface area contributed by atoms with E-state index in [1.807, 2.05) is 13.8 Å². The van der Waals surface area contributed by atoms with Crippen molar-refractivity contribution in [1.29, 1.82) is 0 Å². The van der Waals surface area contributed by atoms with Gasteiger partial charge in [0.2, 0.25) is 11.8 Å². The van der Waals surface area contributed by atoms with Crippen LogP contribution in [0, 0.1) is 0 Å². The van der Waals surface area contributed by atoms with Crippen LogP contribution in [0.15, 0.2) is 0 Å². The lowest BCUT2D eigenvalue weighted by atomic mass is 10.1. The Kier molecular flexibility index (Phi) is 6.95. The molecule has 0 radical (unpaired) electrons. The lowest BCUT2D eigenvalue weighted by Crippen LogP contribution is -2.59. The first-order valence-corrected chi connectivity index (χ1v) is 7.41. The van der Waals surface area contributed by atoms with Gasteiger partial charge < -0.3 is 20.7 Å². The number of hydrogen-bond acceptors (Lipinski definition) is 4. The van der Waals surface area contributed by atoms with Crippen LogP contribution in [0.4, 0.5) is 0 Å². The number of carbonyl (C=O) groups is 2. The third-order valence-corrected chi connectivity index (χ3v) is 3.33. The third-order valence-electron chi connectivity index (χ3n) is 3.33. The molecule has 0 spiro atoms. The van der Waals surface area contributed by atoms with Gasteiger partial charge in [-0.05, 0) is 20.3 Å². The minimum atomic E-state index is -0.564. The number of nitrogens with one attached hydrogen (secondary N) is 1. The molecular weight excluding hydrogens is 258 g/mol. The average Bonchev–Trinajstić information content (AvgIpc) is 2.43. The molecule has 2 amide bonds. The summed E-state index contributed by atoms with van der Waals surface area (Å²) in [5.41, 5.74) is 5.93. The first-order chi connectivity index (χ1) is 9.47. The first kappa shape index (κ1) is 16.9. The highest BCUT2D eigenvalue weighted by Gasteiger charge is 2.34. The summed E-state index contributed by atoms with van der Waals surface area (Å²) in [5, 5.41) is 2.83. The number of amides is 2. The molecule has 20 heavy (non-hydrogen) atoms. The van der Waals surface area contributed by atoms with E-state index >= 15 is 0 Å². The molecule has 116 valence electrons. The Morgan fingerprint density at radius 1 is 1.45 bits per heavy atom. The second-order valence-electron chi connectivity index (χ2n) is 5.53. The molecule has 0 aromatic carbocycles. The van der Waals surface area contributed by atoms with E-state index < -0.39 is 12.1 Å². The highest BCUT2D eigenvalue weighted by Crippen LogP contribution is 2.11. The Bertz CT molecular complexity index is 334. The summed E-state index contributed by atoms with van der Waals surface area (Å²) in [4.78, 5) is 26.1. The Morgan fingerprint density at radius 2 is 2.15 bits per heavy atom. The van der Waals surface area contributed by atoms with Crippen molar-refractivity contribution in [1.82, 2.24) is 10.2 Å². The van der Waals surface area contributed by atoms with Gasteiger partial charge in [-0.3, -0.25) is 9.59 Å². The zero-order valence-electron chi connectivity index (χ0n) is 12.7. The maximum atomic E-state index is 12.4. The van der Waals surface area contributed by atoms with Crippen molar-refractivity contribution in [3.63, 3.8) is 0 Å². The lowest BCUT2D eigenvalue weighted by Gasteiger charge is -2.36. The zero-order chi connectivity index (χ0) is 15.1. The number of carbonyl (C=O) groups excluding carboxylic acids is 2. The van der Waals surface area contributed by atoms with Crippen LogP contribution in [0.5, 0.6) is 0 Å². The fourth-order valence-corrected chi connectivity index (χ4v) is 2.23. The summed E-state index contributed by atoms with van der Waals surface area (Å²) in [6.45, 7) is 6.96. The summed E-state index contributed by atoms with van der Waals surface area (Å²) in [6, 6.07) is -1.05. The minimum Gasteiger partial charge on any atom is -0.377 e. The molecule has 6 heteroatoms. The molecular formula is C14H27N3O3. The summed E-state index contributed by atoms with van der Waals surface area (Å²) >= 11 is 0. The molecule has 0 aliphatic carbocycles. The predicted octanol–water partition coefficient (Wildman–Crippen LogP) is 0.256. The maximum absolute atomic E-state index is 12.4. The molecule has 3 N–H and O–H groups in total. The van der Waals surface area contributed by atoms with Crippen molar-refractivity contribution < 1.29 is 14.3 Å².